The molecule has 0 saturated heterocycles. The molecule has 1 rings (SSSR count). The van der Waals surface area contributed by atoms with Gasteiger partial charge >= 0.3 is 0 Å². The number of nitrogens with one attached hydrogen (secondary N) is 1. The minimum Gasteiger partial charge on any atom is -0.396 e. The van der Waals surface area contributed by atoms with E-state index in [0.29, 0.717) is 18.1 Å². The van der Waals surface area contributed by atoms with Crippen molar-refractivity contribution in [1.82, 2.24) is 4.98 Å². The van der Waals surface area contributed by atoms with Crippen LogP contribution in [0.1, 0.15) is 5.69 Å². The summed E-state index contributed by atoms with van der Waals surface area (Å²) < 4.78 is 4.91. The van der Waals surface area contributed by atoms with Gasteiger partial charge in [-0.25, -0.2) is 4.98 Å². The fourth-order valence-electron chi connectivity index (χ4n) is 1.19. The number of nitrogens with zero attached hydrogens (tertiary/aromatic N) is 2. The Morgan fingerprint density at radius 1 is 1.69 bits per heavy atom. The van der Waals surface area contributed by atoms with Gasteiger partial charge in [-0.3, -0.25) is 0 Å². The third-order valence-corrected chi connectivity index (χ3v) is 1.97. The lowest BCUT2D eigenvalue weighted by molar-refractivity contribution is 0.153. The Kier molecular flexibility index (Phi) is 4.51. The van der Waals surface area contributed by atoms with Crippen molar-refractivity contribution >= 4 is 11.5 Å². The lowest BCUT2D eigenvalue weighted by atomic mass is 10.3. The molecule has 1 aromatic rings. The maximum absolute atomic E-state index is 9.04. The fourth-order valence-corrected chi connectivity index (χ4v) is 1.19. The smallest absolute Gasteiger partial charge is 0.165 e. The van der Waals surface area contributed by atoms with Gasteiger partial charge in [-0.15, -0.1) is 0 Å². The predicted molar refractivity (Wildman–Crippen MR) is 59.7 cm³/mol. The van der Waals surface area contributed by atoms with Crippen molar-refractivity contribution in [3.63, 3.8) is 0 Å². The molecule has 0 aliphatic carbocycles. The van der Waals surface area contributed by atoms with Crippen molar-refractivity contribution in [1.29, 1.82) is 5.26 Å². The molecule has 0 amide bonds. The number of nitrogens with two attached hydrogens (primary N) is 1. The van der Waals surface area contributed by atoms with Gasteiger partial charge < -0.3 is 20.9 Å². The highest BCUT2D eigenvalue weighted by molar-refractivity contribution is 5.54. The average Bonchev–Trinajstić information content (AvgIpc) is 2.30. The molecule has 1 atom stereocenters. The van der Waals surface area contributed by atoms with Crippen LogP contribution in [0.5, 0.6) is 0 Å². The number of ether oxygens (including phenoxy) is 1. The number of methoxy groups -OCH3 is 1. The molecule has 0 aromatic carbocycles. The van der Waals surface area contributed by atoms with Gasteiger partial charge in [0.05, 0.1) is 24.9 Å². The number of rotatable bonds is 5. The monoisotopic (exact) mass is 222 g/mol. The second-order valence-electron chi connectivity index (χ2n) is 3.23. The number of nitrogen functional groups attached to an aromatic ring is 1. The van der Waals surface area contributed by atoms with E-state index in [4.69, 9.17) is 20.8 Å². The molecule has 1 heterocycles. The van der Waals surface area contributed by atoms with Crippen LogP contribution >= 0.6 is 0 Å². The topological polar surface area (TPSA) is 104 Å². The van der Waals surface area contributed by atoms with Crippen molar-refractivity contribution in [2.75, 3.05) is 31.4 Å². The van der Waals surface area contributed by atoms with Crippen molar-refractivity contribution in [3.05, 3.63) is 17.8 Å². The average molecular weight is 222 g/mol. The van der Waals surface area contributed by atoms with E-state index in [0.717, 1.165) is 0 Å². The maximum Gasteiger partial charge on any atom is 0.165 e. The maximum atomic E-state index is 9.04. The number of aromatic nitrogens is 1. The van der Waals surface area contributed by atoms with Crippen molar-refractivity contribution < 1.29 is 9.84 Å². The summed E-state index contributed by atoms with van der Waals surface area (Å²) in [5.74, 6) is 0.488. The van der Waals surface area contributed by atoms with E-state index >= 15 is 0 Å². The molecule has 0 bridgehead atoms. The molecule has 6 heteroatoms. The van der Waals surface area contributed by atoms with Crippen LogP contribution in [-0.4, -0.2) is 36.5 Å². The van der Waals surface area contributed by atoms with Crippen LogP contribution in [0.4, 0.5) is 11.5 Å². The highest BCUT2D eigenvalue weighted by Gasteiger charge is 2.08. The molecule has 4 N–H and O–H groups in total. The zero-order valence-corrected chi connectivity index (χ0v) is 8.97. The minimum absolute atomic E-state index is 0.0816. The minimum atomic E-state index is -0.257. The number of pyridine rings is 1. The Balaban J connectivity index is 2.77. The van der Waals surface area contributed by atoms with E-state index in [-0.39, 0.29) is 18.3 Å². The van der Waals surface area contributed by atoms with E-state index in [9.17, 15) is 0 Å². The normalized spacial score (nSPS) is 11.8. The second kappa shape index (κ2) is 5.90. The Bertz CT molecular complexity index is 389. The predicted octanol–water partition coefficient (Wildman–Crippen LogP) is -0.0453. The van der Waals surface area contributed by atoms with Gasteiger partial charge in [-0.05, 0) is 12.1 Å². The molecule has 1 aromatic heterocycles. The van der Waals surface area contributed by atoms with Crippen LogP contribution < -0.4 is 11.1 Å². The summed E-state index contributed by atoms with van der Waals surface area (Å²) in [5.41, 5.74) is 6.03. The summed E-state index contributed by atoms with van der Waals surface area (Å²) in [7, 11) is 1.54. The summed E-state index contributed by atoms with van der Waals surface area (Å²) in [4.78, 5) is 4.00. The molecule has 0 aliphatic heterocycles. The Morgan fingerprint density at radius 3 is 3.00 bits per heavy atom. The highest BCUT2D eigenvalue weighted by Crippen LogP contribution is 2.12. The number of nitriles is 1. The summed E-state index contributed by atoms with van der Waals surface area (Å²) in [5, 5.41) is 20.7. The number of aliphatic hydroxyl groups is 1. The van der Waals surface area contributed by atoms with E-state index in [2.05, 4.69) is 10.3 Å². The SMILES string of the molecule is COCC(CO)Nc1ccc(N)c(C#N)n1. The molecule has 16 heavy (non-hydrogen) atoms. The standard InChI is InChI=1S/C10H14N4O2/c1-16-6-7(5-15)13-10-3-2-8(12)9(4-11)14-10/h2-3,7,15H,5-6,12H2,1H3,(H,13,14). The summed E-state index contributed by atoms with van der Waals surface area (Å²) >= 11 is 0. The van der Waals surface area contributed by atoms with Gasteiger partial charge in [0.1, 0.15) is 11.9 Å². The summed E-state index contributed by atoms with van der Waals surface area (Å²) in [6, 6.07) is 4.87. The largest absolute Gasteiger partial charge is 0.396 e. The van der Waals surface area contributed by atoms with E-state index in [1.165, 1.54) is 0 Å². The van der Waals surface area contributed by atoms with Crippen molar-refractivity contribution in [2.24, 2.45) is 0 Å². The number of hydrogen-bond donors (Lipinski definition) is 3. The molecule has 1 unspecified atom stereocenters. The molecular formula is C10H14N4O2. The Morgan fingerprint density at radius 2 is 2.44 bits per heavy atom. The van der Waals surface area contributed by atoms with Gasteiger partial charge in [0.15, 0.2) is 5.69 Å². The van der Waals surface area contributed by atoms with E-state index in [1.54, 1.807) is 19.2 Å². The molecular weight excluding hydrogens is 208 g/mol. The van der Waals surface area contributed by atoms with Crippen LogP contribution in [0.25, 0.3) is 0 Å². The molecule has 0 radical (unpaired) electrons. The second-order valence-corrected chi connectivity index (χ2v) is 3.23. The first-order valence-corrected chi connectivity index (χ1v) is 4.74. The molecule has 86 valence electrons. The Labute approximate surface area is 93.7 Å². The van der Waals surface area contributed by atoms with Crippen LogP contribution in [0.15, 0.2) is 12.1 Å². The number of hydrogen-bond acceptors (Lipinski definition) is 6. The summed E-state index contributed by atoms with van der Waals surface area (Å²) in [6.07, 6.45) is 0. The number of aliphatic hydroxyl groups excluding tert-OH is 1. The molecule has 0 fully saturated rings. The van der Waals surface area contributed by atoms with E-state index < -0.39 is 0 Å². The molecule has 0 spiro atoms. The first-order chi connectivity index (χ1) is 7.71. The zero-order valence-electron chi connectivity index (χ0n) is 8.97. The first-order valence-electron chi connectivity index (χ1n) is 4.74. The van der Waals surface area contributed by atoms with Crippen molar-refractivity contribution in [3.8, 4) is 6.07 Å². The van der Waals surface area contributed by atoms with Crippen LogP contribution in [0.2, 0.25) is 0 Å². The fraction of sp³-hybridized carbons (Fsp3) is 0.400. The summed E-state index contributed by atoms with van der Waals surface area (Å²) in [6.45, 7) is 0.270. The third kappa shape index (κ3) is 3.08. The van der Waals surface area contributed by atoms with Gasteiger partial charge in [0.25, 0.3) is 0 Å². The Hall–Kier alpha value is -1.84. The first kappa shape index (κ1) is 12.2. The van der Waals surface area contributed by atoms with E-state index in [1.807, 2.05) is 6.07 Å². The number of anilines is 2. The van der Waals surface area contributed by atoms with Gasteiger partial charge in [0, 0.05) is 7.11 Å². The van der Waals surface area contributed by atoms with Crippen LogP contribution in [0, 0.1) is 11.3 Å². The molecule has 0 saturated carbocycles. The quantitative estimate of drug-likeness (QED) is 0.645. The zero-order chi connectivity index (χ0) is 12.0. The van der Waals surface area contributed by atoms with Gasteiger partial charge in [-0.2, -0.15) is 5.26 Å². The van der Waals surface area contributed by atoms with Gasteiger partial charge in [0.2, 0.25) is 0 Å². The third-order valence-electron chi connectivity index (χ3n) is 1.97. The molecule has 0 aliphatic rings. The lowest BCUT2D eigenvalue weighted by Gasteiger charge is -2.15. The van der Waals surface area contributed by atoms with Crippen LogP contribution in [0.3, 0.4) is 0 Å². The van der Waals surface area contributed by atoms with Crippen molar-refractivity contribution in [2.45, 2.75) is 6.04 Å². The van der Waals surface area contributed by atoms with Crippen LogP contribution in [-0.2, 0) is 4.74 Å². The lowest BCUT2D eigenvalue weighted by Crippen LogP contribution is -2.29. The molecule has 6 nitrogen and oxygen atoms in total. The highest BCUT2D eigenvalue weighted by atomic mass is 16.5. The van der Waals surface area contributed by atoms with Gasteiger partial charge in [-0.1, -0.05) is 0 Å².